The van der Waals surface area contributed by atoms with Gasteiger partial charge in [0.05, 0.1) is 11.4 Å². The van der Waals surface area contributed by atoms with E-state index in [0.29, 0.717) is 21.8 Å². The molecule has 0 fully saturated rings. The Morgan fingerprint density at radius 1 is 1.24 bits per heavy atom. The van der Waals surface area contributed by atoms with Crippen molar-refractivity contribution in [1.29, 1.82) is 5.41 Å². The fourth-order valence-corrected chi connectivity index (χ4v) is 2.20. The van der Waals surface area contributed by atoms with Gasteiger partial charge in [-0.05, 0) is 25.1 Å². The number of benzene rings is 2. The van der Waals surface area contributed by atoms with E-state index in [1.807, 2.05) is 13.0 Å². The van der Waals surface area contributed by atoms with E-state index >= 15 is 0 Å². The van der Waals surface area contributed by atoms with E-state index in [-0.39, 0.29) is 5.71 Å². The molecule has 0 saturated heterocycles. The summed E-state index contributed by atoms with van der Waals surface area (Å²) in [6, 6.07) is 12.4. The molecule has 0 aliphatic carbocycles. The highest BCUT2D eigenvalue weighted by Gasteiger charge is 2.14. The van der Waals surface area contributed by atoms with E-state index in [4.69, 9.17) is 22.1 Å². The highest BCUT2D eigenvalue weighted by Crippen LogP contribution is 2.24. The molecule has 2 aromatic rings. The second-order valence-corrected chi connectivity index (χ2v) is 5.02. The fraction of sp³-hybridized carbons (Fsp3) is 0.125. The quantitative estimate of drug-likeness (QED) is 0.760. The Hall–Kier alpha value is -2.17. The van der Waals surface area contributed by atoms with Crippen molar-refractivity contribution in [2.45, 2.75) is 6.92 Å². The topological polar surface area (TPSA) is 73.2 Å². The van der Waals surface area contributed by atoms with E-state index in [1.165, 1.54) is 0 Å². The summed E-state index contributed by atoms with van der Waals surface area (Å²) in [4.78, 5) is 11.4. The first kappa shape index (κ1) is 15.2. The molecule has 4 nitrogen and oxygen atoms in total. The Kier molecular flexibility index (Phi) is 4.73. The molecule has 0 unspecified atom stereocenters. The summed E-state index contributed by atoms with van der Waals surface area (Å²) in [5, 5.41) is 20.3. The van der Waals surface area contributed by atoms with Crippen LogP contribution < -0.4 is 5.32 Å². The van der Waals surface area contributed by atoms with Crippen molar-refractivity contribution in [3.8, 4) is 0 Å². The van der Waals surface area contributed by atoms with Crippen molar-refractivity contribution in [3.05, 3.63) is 64.2 Å². The minimum absolute atomic E-state index is 0.220. The van der Waals surface area contributed by atoms with Crippen LogP contribution in [-0.4, -0.2) is 23.3 Å². The predicted octanol–water partition coefficient (Wildman–Crippen LogP) is 3.00. The molecule has 1 amide bonds. The van der Waals surface area contributed by atoms with Gasteiger partial charge in [0.15, 0.2) is 0 Å². The van der Waals surface area contributed by atoms with E-state index in [1.54, 1.807) is 36.4 Å². The number of rotatable bonds is 4. The number of amides is 1. The minimum Gasteiger partial charge on any atom is -0.387 e. The van der Waals surface area contributed by atoms with Crippen LogP contribution in [-0.2, 0) is 4.79 Å². The number of aliphatic hydroxyl groups is 1. The summed E-state index contributed by atoms with van der Waals surface area (Å²) >= 11 is 6.13. The lowest BCUT2D eigenvalue weighted by Crippen LogP contribution is -2.18. The normalized spacial score (nSPS) is 10.2. The van der Waals surface area contributed by atoms with Gasteiger partial charge in [-0.25, -0.2) is 0 Å². The molecule has 0 spiro atoms. The molecule has 3 N–H and O–H groups in total. The van der Waals surface area contributed by atoms with Crippen molar-refractivity contribution in [3.63, 3.8) is 0 Å². The average Bonchev–Trinajstić information content (AvgIpc) is 2.48. The molecule has 21 heavy (non-hydrogen) atoms. The first-order valence-electron chi connectivity index (χ1n) is 6.38. The average molecular weight is 303 g/mol. The number of carbonyl (C=O) groups excluding carboxylic acids is 1. The number of hydrogen-bond donors (Lipinski definition) is 3. The molecule has 0 atom stereocenters. The third kappa shape index (κ3) is 3.48. The largest absolute Gasteiger partial charge is 0.387 e. The molecule has 0 bridgehead atoms. The lowest BCUT2D eigenvalue weighted by molar-refractivity contribution is -0.118. The van der Waals surface area contributed by atoms with Gasteiger partial charge in [0.25, 0.3) is 0 Å². The van der Waals surface area contributed by atoms with Crippen molar-refractivity contribution in [2.24, 2.45) is 0 Å². The number of aryl methyl sites for hydroxylation is 1. The third-order valence-corrected chi connectivity index (χ3v) is 3.33. The summed E-state index contributed by atoms with van der Waals surface area (Å²) in [7, 11) is 0. The van der Waals surface area contributed by atoms with Crippen LogP contribution in [0.3, 0.4) is 0 Å². The number of nitrogens with one attached hydrogen (secondary N) is 2. The van der Waals surface area contributed by atoms with Gasteiger partial charge in [-0.1, -0.05) is 41.4 Å². The molecule has 108 valence electrons. The van der Waals surface area contributed by atoms with E-state index in [0.717, 1.165) is 5.56 Å². The lowest BCUT2D eigenvalue weighted by atomic mass is 9.99. The SMILES string of the molecule is Cc1ccc(NC(=O)CO)c(C(=N)c2ccccc2Cl)c1. The first-order valence-corrected chi connectivity index (χ1v) is 6.76. The van der Waals surface area contributed by atoms with E-state index in [9.17, 15) is 4.79 Å². The molecular formula is C16H15ClN2O2. The van der Waals surface area contributed by atoms with Crippen LogP contribution in [0.2, 0.25) is 5.02 Å². The van der Waals surface area contributed by atoms with Crippen LogP contribution in [0.25, 0.3) is 0 Å². The second-order valence-electron chi connectivity index (χ2n) is 4.61. The highest BCUT2D eigenvalue weighted by molar-refractivity contribution is 6.35. The Balaban J connectivity index is 2.47. The maximum Gasteiger partial charge on any atom is 0.250 e. The molecule has 5 heteroatoms. The van der Waals surface area contributed by atoms with Crippen LogP contribution in [0, 0.1) is 12.3 Å². The number of anilines is 1. The molecule has 0 heterocycles. The number of halogens is 1. The molecule has 2 rings (SSSR count). The first-order chi connectivity index (χ1) is 10.0. The van der Waals surface area contributed by atoms with Gasteiger partial charge in [0.1, 0.15) is 6.61 Å². The van der Waals surface area contributed by atoms with Crippen LogP contribution in [0.4, 0.5) is 5.69 Å². The Bertz CT molecular complexity index is 698. The van der Waals surface area contributed by atoms with Crippen molar-refractivity contribution in [2.75, 3.05) is 11.9 Å². The second kappa shape index (κ2) is 6.52. The van der Waals surface area contributed by atoms with Crippen LogP contribution in [0.15, 0.2) is 42.5 Å². The summed E-state index contributed by atoms with van der Waals surface area (Å²) in [5.41, 5.74) is 2.81. The van der Waals surface area contributed by atoms with Gasteiger partial charge in [-0.2, -0.15) is 0 Å². The zero-order valence-electron chi connectivity index (χ0n) is 11.5. The summed E-state index contributed by atoms with van der Waals surface area (Å²) in [6.07, 6.45) is 0. The molecule has 0 aliphatic rings. The van der Waals surface area contributed by atoms with Crippen LogP contribution in [0.1, 0.15) is 16.7 Å². The number of aliphatic hydroxyl groups excluding tert-OH is 1. The van der Waals surface area contributed by atoms with Gasteiger partial charge in [-0.15, -0.1) is 0 Å². The van der Waals surface area contributed by atoms with E-state index in [2.05, 4.69) is 5.32 Å². The van der Waals surface area contributed by atoms with Gasteiger partial charge >= 0.3 is 0 Å². The van der Waals surface area contributed by atoms with Crippen molar-refractivity contribution in [1.82, 2.24) is 0 Å². The lowest BCUT2D eigenvalue weighted by Gasteiger charge is -2.13. The molecule has 0 radical (unpaired) electrons. The summed E-state index contributed by atoms with van der Waals surface area (Å²) in [5.74, 6) is -0.521. The molecule has 2 aromatic carbocycles. The maximum atomic E-state index is 11.4. The maximum absolute atomic E-state index is 11.4. The van der Waals surface area contributed by atoms with Gasteiger partial charge in [-0.3, -0.25) is 10.2 Å². The van der Waals surface area contributed by atoms with Crippen molar-refractivity contribution < 1.29 is 9.90 Å². The monoisotopic (exact) mass is 302 g/mol. The Labute approximate surface area is 127 Å². The zero-order chi connectivity index (χ0) is 15.4. The fourth-order valence-electron chi connectivity index (χ4n) is 1.97. The van der Waals surface area contributed by atoms with Gasteiger partial charge in [0, 0.05) is 16.1 Å². The summed E-state index contributed by atoms with van der Waals surface area (Å²) < 4.78 is 0. The predicted molar refractivity (Wildman–Crippen MR) is 84.3 cm³/mol. The van der Waals surface area contributed by atoms with Crippen LogP contribution >= 0.6 is 11.6 Å². The molecule has 0 aromatic heterocycles. The molecule has 0 saturated carbocycles. The Morgan fingerprint density at radius 3 is 2.62 bits per heavy atom. The standard InChI is InChI=1S/C16H15ClN2O2/c1-10-6-7-14(19-15(21)9-20)12(8-10)16(18)11-4-2-3-5-13(11)17/h2-8,18,20H,9H2,1H3,(H,19,21). The Morgan fingerprint density at radius 2 is 1.95 bits per heavy atom. The van der Waals surface area contributed by atoms with Gasteiger partial charge < -0.3 is 10.4 Å². The molecule has 0 aliphatic heterocycles. The molecular weight excluding hydrogens is 288 g/mol. The highest BCUT2D eigenvalue weighted by atomic mass is 35.5. The summed E-state index contributed by atoms with van der Waals surface area (Å²) in [6.45, 7) is 1.30. The van der Waals surface area contributed by atoms with Gasteiger partial charge in [0.2, 0.25) is 5.91 Å². The number of carbonyl (C=O) groups is 1. The third-order valence-electron chi connectivity index (χ3n) is 3.01. The minimum atomic E-state index is -0.604. The van der Waals surface area contributed by atoms with E-state index < -0.39 is 12.5 Å². The smallest absolute Gasteiger partial charge is 0.250 e. The van der Waals surface area contributed by atoms with Crippen molar-refractivity contribution >= 4 is 28.9 Å². The number of hydrogen-bond acceptors (Lipinski definition) is 3. The zero-order valence-corrected chi connectivity index (χ0v) is 12.2. The van der Waals surface area contributed by atoms with Crippen LogP contribution in [0.5, 0.6) is 0 Å².